The molecule has 8 heteroatoms. The summed E-state index contributed by atoms with van der Waals surface area (Å²) in [6, 6.07) is 0. The smallest absolute Gasteiger partial charge is 0.400 e. The van der Waals surface area contributed by atoms with E-state index in [2.05, 4.69) is 0 Å². The summed E-state index contributed by atoms with van der Waals surface area (Å²) in [6.07, 6.45) is -12.2. The molecule has 0 saturated heterocycles. The Bertz CT molecular complexity index is 299. The van der Waals surface area contributed by atoms with Gasteiger partial charge in [-0.2, -0.15) is 26.3 Å². The Morgan fingerprint density at radius 2 is 1.37 bits per heavy atom. The van der Waals surface area contributed by atoms with Gasteiger partial charge in [-0.1, -0.05) is 6.92 Å². The molecule has 2 nitrogen and oxygen atoms in total. The highest BCUT2D eigenvalue weighted by molar-refractivity contribution is 5.72. The van der Waals surface area contributed by atoms with Crippen LogP contribution in [0.15, 0.2) is 0 Å². The summed E-state index contributed by atoms with van der Waals surface area (Å²) in [4.78, 5) is 11.4. The SMILES string of the molecule is C[C@@H](CC(C(F)(F)F)C(F)(F)F)C(=O)OC(C)(C)C. The van der Waals surface area contributed by atoms with E-state index in [4.69, 9.17) is 4.74 Å². The first-order valence-electron chi connectivity index (χ1n) is 5.51. The van der Waals surface area contributed by atoms with Crippen LogP contribution in [0.3, 0.4) is 0 Å². The number of esters is 1. The number of carbonyl (C=O) groups excluding carboxylic acids is 1. The second kappa shape index (κ2) is 5.58. The van der Waals surface area contributed by atoms with Crippen molar-refractivity contribution in [3.8, 4) is 0 Å². The van der Waals surface area contributed by atoms with Gasteiger partial charge in [0.05, 0.1) is 5.92 Å². The molecule has 0 heterocycles. The third-order valence-corrected chi connectivity index (χ3v) is 2.19. The molecule has 0 aliphatic carbocycles. The van der Waals surface area contributed by atoms with E-state index in [0.717, 1.165) is 6.92 Å². The topological polar surface area (TPSA) is 26.3 Å². The molecule has 0 aliphatic heterocycles. The van der Waals surface area contributed by atoms with E-state index in [1.54, 1.807) is 0 Å². The van der Waals surface area contributed by atoms with Crippen LogP contribution in [0.25, 0.3) is 0 Å². The summed E-state index contributed by atoms with van der Waals surface area (Å²) in [5.74, 6) is -6.10. The molecule has 114 valence electrons. The van der Waals surface area contributed by atoms with Crippen molar-refractivity contribution in [3.05, 3.63) is 0 Å². The third-order valence-electron chi connectivity index (χ3n) is 2.19. The van der Waals surface area contributed by atoms with Crippen molar-refractivity contribution in [1.82, 2.24) is 0 Å². The van der Waals surface area contributed by atoms with Crippen LogP contribution in [0.4, 0.5) is 26.3 Å². The lowest BCUT2D eigenvalue weighted by atomic mass is 9.94. The first kappa shape index (κ1) is 18.0. The minimum absolute atomic E-state index is 0.961. The van der Waals surface area contributed by atoms with Gasteiger partial charge in [0, 0.05) is 0 Å². The molecule has 19 heavy (non-hydrogen) atoms. The molecule has 0 aromatic heterocycles. The van der Waals surface area contributed by atoms with Crippen LogP contribution in [0, 0.1) is 11.8 Å². The molecule has 0 aromatic carbocycles. The molecular formula is C11H16F6O2. The Morgan fingerprint density at radius 1 is 1.00 bits per heavy atom. The van der Waals surface area contributed by atoms with E-state index in [-0.39, 0.29) is 0 Å². The lowest BCUT2D eigenvalue weighted by molar-refractivity contribution is -0.287. The van der Waals surface area contributed by atoms with Gasteiger partial charge in [-0.15, -0.1) is 0 Å². The van der Waals surface area contributed by atoms with Crippen molar-refractivity contribution in [2.75, 3.05) is 0 Å². The molecule has 0 bridgehead atoms. The van der Waals surface area contributed by atoms with E-state index >= 15 is 0 Å². The molecule has 0 radical (unpaired) electrons. The van der Waals surface area contributed by atoms with Crippen molar-refractivity contribution < 1.29 is 35.9 Å². The molecule has 0 spiro atoms. The van der Waals surface area contributed by atoms with Crippen LogP contribution in [-0.2, 0) is 9.53 Å². The molecule has 0 N–H and O–H groups in total. The lowest BCUT2D eigenvalue weighted by Gasteiger charge is -2.27. The van der Waals surface area contributed by atoms with E-state index in [0.29, 0.717) is 0 Å². The van der Waals surface area contributed by atoms with Crippen molar-refractivity contribution >= 4 is 5.97 Å². The molecule has 0 rings (SSSR count). The number of hydrogen-bond donors (Lipinski definition) is 0. The molecule has 0 aromatic rings. The lowest BCUT2D eigenvalue weighted by Crippen LogP contribution is -2.39. The zero-order valence-corrected chi connectivity index (χ0v) is 10.9. The minimum Gasteiger partial charge on any atom is -0.460 e. The van der Waals surface area contributed by atoms with Gasteiger partial charge in [-0.3, -0.25) is 4.79 Å². The van der Waals surface area contributed by atoms with E-state index in [1.807, 2.05) is 0 Å². The highest BCUT2D eigenvalue weighted by Gasteiger charge is 2.57. The predicted molar refractivity (Wildman–Crippen MR) is 55.2 cm³/mol. The maximum Gasteiger partial charge on any atom is 0.400 e. The maximum atomic E-state index is 12.3. The molecule has 1 atom stereocenters. The fourth-order valence-corrected chi connectivity index (χ4v) is 1.30. The molecule has 0 aliphatic rings. The van der Waals surface area contributed by atoms with Crippen LogP contribution >= 0.6 is 0 Å². The Hall–Kier alpha value is -0.950. The average Bonchev–Trinajstić information content (AvgIpc) is 2.06. The van der Waals surface area contributed by atoms with Crippen LogP contribution in [0.2, 0.25) is 0 Å². The van der Waals surface area contributed by atoms with Gasteiger partial charge in [0.15, 0.2) is 5.92 Å². The molecule has 0 saturated carbocycles. The second-order valence-electron chi connectivity index (χ2n) is 5.31. The van der Waals surface area contributed by atoms with Gasteiger partial charge in [-0.25, -0.2) is 0 Å². The Labute approximate surface area is 107 Å². The second-order valence-corrected chi connectivity index (χ2v) is 5.31. The fourth-order valence-electron chi connectivity index (χ4n) is 1.30. The Balaban J connectivity index is 4.84. The van der Waals surface area contributed by atoms with Gasteiger partial charge in [0.1, 0.15) is 5.60 Å². The first-order valence-corrected chi connectivity index (χ1v) is 5.51. The van der Waals surface area contributed by atoms with E-state index in [9.17, 15) is 31.1 Å². The van der Waals surface area contributed by atoms with Crippen molar-refractivity contribution in [3.63, 3.8) is 0 Å². The van der Waals surface area contributed by atoms with Gasteiger partial charge >= 0.3 is 18.3 Å². The number of carbonyl (C=O) groups is 1. The molecular weight excluding hydrogens is 278 g/mol. The van der Waals surface area contributed by atoms with E-state index in [1.165, 1.54) is 20.8 Å². The number of rotatable bonds is 3. The van der Waals surface area contributed by atoms with Crippen LogP contribution in [0.5, 0.6) is 0 Å². The normalized spacial score (nSPS) is 15.5. The van der Waals surface area contributed by atoms with Crippen LogP contribution < -0.4 is 0 Å². The standard InChI is InChI=1S/C11H16F6O2/c1-6(8(18)19-9(2,3)4)5-7(10(12,13)14)11(15,16)17/h6-7H,5H2,1-4H3/t6-/m0/s1. The Kier molecular flexibility index (Phi) is 5.30. The number of hydrogen-bond acceptors (Lipinski definition) is 2. The summed E-state index contributed by atoms with van der Waals surface area (Å²) < 4.78 is 78.6. The van der Waals surface area contributed by atoms with Gasteiger partial charge in [-0.05, 0) is 27.2 Å². The van der Waals surface area contributed by atoms with Crippen LogP contribution in [-0.4, -0.2) is 23.9 Å². The zero-order chi connectivity index (χ0) is 15.6. The Morgan fingerprint density at radius 3 is 1.63 bits per heavy atom. The fraction of sp³-hybridized carbons (Fsp3) is 0.909. The maximum absolute atomic E-state index is 12.3. The van der Waals surface area contributed by atoms with Crippen LogP contribution in [0.1, 0.15) is 34.1 Å². The zero-order valence-electron chi connectivity index (χ0n) is 10.9. The monoisotopic (exact) mass is 294 g/mol. The minimum atomic E-state index is -5.44. The highest BCUT2D eigenvalue weighted by atomic mass is 19.4. The summed E-state index contributed by atoms with van der Waals surface area (Å²) in [6.45, 7) is 5.41. The highest BCUT2D eigenvalue weighted by Crippen LogP contribution is 2.43. The molecule has 0 amide bonds. The first-order chi connectivity index (χ1) is 8.14. The third kappa shape index (κ3) is 6.68. The molecule has 0 fully saturated rings. The summed E-state index contributed by atoms with van der Waals surface area (Å²) >= 11 is 0. The summed E-state index contributed by atoms with van der Waals surface area (Å²) in [5.41, 5.74) is -0.961. The number of halogens is 6. The van der Waals surface area contributed by atoms with E-state index < -0.39 is 42.2 Å². The van der Waals surface area contributed by atoms with Gasteiger partial charge in [0.2, 0.25) is 0 Å². The number of alkyl halides is 6. The van der Waals surface area contributed by atoms with Crippen molar-refractivity contribution in [2.24, 2.45) is 11.8 Å². The van der Waals surface area contributed by atoms with Gasteiger partial charge in [0.25, 0.3) is 0 Å². The van der Waals surface area contributed by atoms with Crippen molar-refractivity contribution in [1.29, 1.82) is 0 Å². The summed E-state index contributed by atoms with van der Waals surface area (Å²) in [5, 5.41) is 0. The van der Waals surface area contributed by atoms with Crippen molar-refractivity contribution in [2.45, 2.75) is 52.1 Å². The quantitative estimate of drug-likeness (QED) is 0.579. The number of ether oxygens (including phenoxy) is 1. The average molecular weight is 294 g/mol. The predicted octanol–water partition coefficient (Wildman–Crippen LogP) is 4.10. The summed E-state index contributed by atoms with van der Waals surface area (Å²) in [7, 11) is 0. The molecule has 0 unspecified atom stereocenters. The largest absolute Gasteiger partial charge is 0.460 e. The van der Waals surface area contributed by atoms with Gasteiger partial charge < -0.3 is 4.74 Å².